The Hall–Kier alpha value is -0.380. The first-order valence-electron chi connectivity index (χ1n) is 8.88. The maximum atomic E-state index is 3.85. The lowest BCUT2D eigenvalue weighted by Crippen LogP contribution is -2.43. The van der Waals surface area contributed by atoms with Crippen molar-refractivity contribution in [2.75, 3.05) is 19.6 Å². The van der Waals surface area contributed by atoms with Crippen molar-refractivity contribution in [3.8, 4) is 0 Å². The maximum Gasteiger partial charge on any atom is 0.0328 e. The number of nitrogens with zero attached hydrogens (tertiary/aromatic N) is 1. The van der Waals surface area contributed by atoms with Crippen LogP contribution >= 0.6 is 11.3 Å². The zero-order chi connectivity index (χ0) is 14.5. The van der Waals surface area contributed by atoms with Gasteiger partial charge < -0.3 is 5.32 Å². The summed E-state index contributed by atoms with van der Waals surface area (Å²) in [5.41, 5.74) is 0. The topological polar surface area (TPSA) is 15.3 Å². The first kappa shape index (κ1) is 15.5. The van der Waals surface area contributed by atoms with E-state index in [2.05, 4.69) is 29.3 Å². The second-order valence-corrected chi connectivity index (χ2v) is 8.02. The van der Waals surface area contributed by atoms with Crippen molar-refractivity contribution in [3.63, 3.8) is 0 Å². The number of nitrogens with one attached hydrogen (secondary N) is 1. The van der Waals surface area contributed by atoms with Crippen LogP contribution in [0.25, 0.3) is 0 Å². The van der Waals surface area contributed by atoms with Crippen LogP contribution in [0.2, 0.25) is 0 Å². The van der Waals surface area contributed by atoms with Gasteiger partial charge in [-0.15, -0.1) is 11.3 Å². The zero-order valence-electron chi connectivity index (χ0n) is 13.4. The van der Waals surface area contributed by atoms with Crippen molar-refractivity contribution in [2.45, 2.75) is 64.5 Å². The number of hydrogen-bond acceptors (Lipinski definition) is 3. The molecule has 2 heterocycles. The highest BCUT2D eigenvalue weighted by atomic mass is 32.1. The van der Waals surface area contributed by atoms with Crippen LogP contribution in [-0.4, -0.2) is 30.6 Å². The second-order valence-electron chi connectivity index (χ2n) is 6.77. The Labute approximate surface area is 133 Å². The van der Waals surface area contributed by atoms with Crippen molar-refractivity contribution in [3.05, 3.63) is 21.9 Å². The summed E-state index contributed by atoms with van der Waals surface area (Å²) < 4.78 is 0. The summed E-state index contributed by atoms with van der Waals surface area (Å²) >= 11 is 2.01. The highest BCUT2D eigenvalue weighted by molar-refractivity contribution is 7.11. The van der Waals surface area contributed by atoms with Gasteiger partial charge in [-0.1, -0.05) is 26.2 Å². The molecule has 0 spiro atoms. The van der Waals surface area contributed by atoms with Crippen molar-refractivity contribution in [1.82, 2.24) is 10.2 Å². The summed E-state index contributed by atoms with van der Waals surface area (Å²) in [5.74, 6) is 0.925. The van der Waals surface area contributed by atoms with E-state index in [-0.39, 0.29) is 0 Å². The Bertz CT molecular complexity index is 423. The number of rotatable bonds is 4. The molecule has 2 nitrogen and oxygen atoms in total. The molecule has 2 fully saturated rings. The molecule has 1 atom stereocenters. The third kappa shape index (κ3) is 4.30. The second kappa shape index (κ2) is 7.75. The molecule has 1 aliphatic carbocycles. The molecule has 3 heteroatoms. The van der Waals surface area contributed by atoms with Gasteiger partial charge in [-0.2, -0.15) is 0 Å². The van der Waals surface area contributed by atoms with Gasteiger partial charge in [0.05, 0.1) is 0 Å². The Kier molecular flexibility index (Phi) is 5.73. The minimum Gasteiger partial charge on any atom is -0.312 e. The average Bonchev–Trinajstić information content (AvgIpc) is 2.85. The van der Waals surface area contributed by atoms with Crippen molar-refractivity contribution < 1.29 is 0 Å². The van der Waals surface area contributed by atoms with Gasteiger partial charge >= 0.3 is 0 Å². The minimum absolute atomic E-state index is 0.735. The van der Waals surface area contributed by atoms with E-state index < -0.39 is 0 Å². The van der Waals surface area contributed by atoms with Crippen LogP contribution in [0.1, 0.15) is 55.2 Å². The van der Waals surface area contributed by atoms with Gasteiger partial charge in [-0.3, -0.25) is 4.90 Å². The molecule has 0 radical (unpaired) electrons. The van der Waals surface area contributed by atoms with E-state index in [1.54, 1.807) is 4.88 Å². The predicted molar refractivity (Wildman–Crippen MR) is 92.0 cm³/mol. The molecule has 1 aliphatic heterocycles. The largest absolute Gasteiger partial charge is 0.312 e. The monoisotopic (exact) mass is 306 g/mol. The normalized spacial score (nSPS) is 25.9. The lowest BCUT2D eigenvalue weighted by molar-refractivity contribution is 0.202. The molecule has 0 amide bonds. The van der Waals surface area contributed by atoms with E-state index >= 15 is 0 Å². The van der Waals surface area contributed by atoms with Crippen molar-refractivity contribution in [1.29, 1.82) is 0 Å². The molecule has 118 valence electrons. The maximum absolute atomic E-state index is 3.85. The molecule has 2 aliphatic rings. The van der Waals surface area contributed by atoms with Crippen LogP contribution in [0, 0.1) is 5.92 Å². The van der Waals surface area contributed by atoms with Gasteiger partial charge in [0.15, 0.2) is 0 Å². The van der Waals surface area contributed by atoms with Crippen molar-refractivity contribution in [2.24, 2.45) is 5.92 Å². The molecule has 0 aromatic carbocycles. The molecule has 3 rings (SSSR count). The van der Waals surface area contributed by atoms with Crippen LogP contribution in [0.3, 0.4) is 0 Å². The van der Waals surface area contributed by atoms with Gasteiger partial charge in [-0.25, -0.2) is 0 Å². The van der Waals surface area contributed by atoms with Gasteiger partial charge in [0.2, 0.25) is 0 Å². The summed E-state index contributed by atoms with van der Waals surface area (Å²) in [5, 5.41) is 3.85. The van der Waals surface area contributed by atoms with Gasteiger partial charge in [0.1, 0.15) is 0 Å². The fourth-order valence-electron chi connectivity index (χ4n) is 3.94. The van der Waals surface area contributed by atoms with Crippen molar-refractivity contribution >= 4 is 11.3 Å². The summed E-state index contributed by atoms with van der Waals surface area (Å²) in [6, 6.07) is 5.39. The first-order valence-corrected chi connectivity index (χ1v) is 9.70. The smallest absolute Gasteiger partial charge is 0.0328 e. The number of hydrogen-bond donors (Lipinski definition) is 1. The fraction of sp³-hybridized carbons (Fsp3) is 0.778. The Morgan fingerprint density at radius 1 is 1.14 bits per heavy atom. The fourth-order valence-corrected chi connectivity index (χ4v) is 4.94. The quantitative estimate of drug-likeness (QED) is 0.902. The van der Waals surface area contributed by atoms with Crippen LogP contribution < -0.4 is 5.32 Å². The van der Waals surface area contributed by atoms with Crippen LogP contribution in [0.4, 0.5) is 0 Å². The summed E-state index contributed by atoms with van der Waals surface area (Å²) in [6.07, 6.45) is 9.74. The van der Waals surface area contributed by atoms with Gasteiger partial charge in [0, 0.05) is 28.9 Å². The average molecular weight is 307 g/mol. The van der Waals surface area contributed by atoms with E-state index in [1.165, 1.54) is 69.5 Å². The lowest BCUT2D eigenvalue weighted by atomic mass is 9.83. The molecule has 1 saturated heterocycles. The summed E-state index contributed by atoms with van der Waals surface area (Å²) in [4.78, 5) is 5.78. The Balaban J connectivity index is 1.58. The molecule has 1 aromatic heterocycles. The summed E-state index contributed by atoms with van der Waals surface area (Å²) in [7, 11) is 0. The molecule has 1 N–H and O–H groups in total. The number of aryl methyl sites for hydroxylation is 1. The van der Waals surface area contributed by atoms with E-state index in [1.807, 2.05) is 11.3 Å². The SMILES string of the molecule is CCc1ccc(CN2CCCNC(C3CCCCC3)C2)s1. The molecular formula is C18H30N2S. The summed E-state index contributed by atoms with van der Waals surface area (Å²) in [6.45, 7) is 7.14. The van der Waals surface area contributed by atoms with E-state index in [0.717, 1.165) is 18.5 Å². The first-order chi connectivity index (χ1) is 10.3. The van der Waals surface area contributed by atoms with Gasteiger partial charge in [-0.05, 0) is 56.8 Å². The standard InChI is InChI=1S/C18H30N2S/c1-2-16-9-10-17(21-16)13-20-12-6-11-19-18(14-20)15-7-4-3-5-8-15/h9-10,15,18-19H,2-8,11-14H2,1H3. The molecule has 1 saturated carbocycles. The minimum atomic E-state index is 0.735. The van der Waals surface area contributed by atoms with Crippen LogP contribution in [0.5, 0.6) is 0 Å². The van der Waals surface area contributed by atoms with Crippen LogP contribution in [-0.2, 0) is 13.0 Å². The Morgan fingerprint density at radius 2 is 1.95 bits per heavy atom. The predicted octanol–water partition coefficient (Wildman–Crippen LogP) is 4.05. The lowest BCUT2D eigenvalue weighted by Gasteiger charge is -2.32. The van der Waals surface area contributed by atoms with E-state index in [4.69, 9.17) is 0 Å². The zero-order valence-corrected chi connectivity index (χ0v) is 14.3. The molecular weight excluding hydrogens is 276 g/mol. The van der Waals surface area contributed by atoms with E-state index in [0.29, 0.717) is 0 Å². The van der Waals surface area contributed by atoms with Gasteiger partial charge in [0.25, 0.3) is 0 Å². The molecule has 0 bridgehead atoms. The Morgan fingerprint density at radius 3 is 2.71 bits per heavy atom. The molecule has 21 heavy (non-hydrogen) atoms. The van der Waals surface area contributed by atoms with E-state index in [9.17, 15) is 0 Å². The molecule has 1 aromatic rings. The third-order valence-corrected chi connectivity index (χ3v) is 6.39. The van der Waals surface area contributed by atoms with Crippen LogP contribution in [0.15, 0.2) is 12.1 Å². The highest BCUT2D eigenvalue weighted by Gasteiger charge is 2.26. The number of thiophene rings is 1. The third-order valence-electron chi connectivity index (χ3n) is 5.18. The highest BCUT2D eigenvalue weighted by Crippen LogP contribution is 2.28. The molecule has 1 unspecified atom stereocenters.